The minimum absolute atomic E-state index is 0. The molecule has 0 bridgehead atoms. The monoisotopic (exact) mass is 1360 g/mol. The number of hydrogen-bond donors (Lipinski definition) is 3. The van der Waals surface area contributed by atoms with Crippen molar-refractivity contribution < 1.29 is 111 Å². The lowest BCUT2D eigenvalue weighted by molar-refractivity contribution is -0.141. The van der Waals surface area contributed by atoms with Crippen molar-refractivity contribution in [1.29, 1.82) is 0 Å². The number of esters is 8. The Kier molecular flexibility index (Phi) is 96.4. The van der Waals surface area contributed by atoms with E-state index in [1.54, 1.807) is 20.8 Å². The first-order valence-corrected chi connectivity index (χ1v) is 29.9. The van der Waals surface area contributed by atoms with Crippen LogP contribution in [0, 0.1) is 83.6 Å². The zero-order valence-corrected chi connectivity index (χ0v) is 59.1. The standard InChI is InChI=1S/C16H6O2.C12H22O2.C11H20O2.C8H14O2.C7H12O2.C5H8O3.C5H8O2.2C4H6O2.C3H4O2.7H2/c1-4-5-6-7-8-9-10-11-12-13-14-18-16(17)15(2)3;1-5-7-8-11(6-2)9-14-12(13)10(3)4;1-4-7-8-10(5-2)9-13-11(12)6-3;1-4-5-6-10-8(9)7(2)3;1-3-5-6-9-7(8)4-2;1-2-5(7)8-4-3-6;1-4(2)5(6)7-3;1-3-4(5)6-2;1-3(2)4(5)6;1-2-3(4)5;;;;;;;/h1H,2H2,3H3;11H,3,5-9H2,1-2,4H3;6,10H,3-5,7-9H2,1-2H3;2,4-6H2,1,3H3;4H,2-3,5-6H2,1H3;2,6H,1,3-4H2;1H2,2-3H3;3H,1H2,2H3;1H2,2H3,(H,5,6);2H,1H2,(H,4,5);7*1H. The van der Waals surface area contributed by atoms with E-state index in [-0.39, 0.29) is 64.2 Å². The second-order valence-corrected chi connectivity index (χ2v) is 18.3. The quantitative estimate of drug-likeness (QED) is 0.0198. The number of carboxylic acid groups (broad SMARTS) is 2. The van der Waals surface area contributed by atoms with Crippen molar-refractivity contribution in [3.05, 3.63) is 124 Å². The van der Waals surface area contributed by atoms with Crippen LogP contribution < -0.4 is 0 Å². The number of aliphatic hydroxyl groups excluding tert-OH is 1. The molecule has 3 N–H and O–H groups in total. The number of unbranched alkanes of at least 4 members (excludes halogenated alkanes) is 4. The fourth-order valence-corrected chi connectivity index (χ4v) is 4.08. The van der Waals surface area contributed by atoms with Crippen LogP contribution in [0.2, 0.25) is 0 Å². The Bertz CT molecular complexity index is 2780. The van der Waals surface area contributed by atoms with E-state index in [0.717, 1.165) is 69.6 Å². The number of methoxy groups -OCH3 is 2. The lowest BCUT2D eigenvalue weighted by Crippen LogP contribution is -2.14. The average molecular weight is 1360 g/mol. The summed E-state index contributed by atoms with van der Waals surface area (Å²) in [5.41, 5.74) is 1.82. The van der Waals surface area contributed by atoms with Gasteiger partial charge in [0.2, 0.25) is 0 Å². The molecule has 0 heterocycles. The van der Waals surface area contributed by atoms with E-state index in [9.17, 15) is 47.9 Å². The molecule has 0 radical (unpaired) electrons. The molecule has 0 aliphatic carbocycles. The highest BCUT2D eigenvalue weighted by molar-refractivity contribution is 5.89. The first kappa shape index (κ1) is 107. The maximum atomic E-state index is 11.1. The van der Waals surface area contributed by atoms with Crippen molar-refractivity contribution in [1.82, 2.24) is 0 Å². The molecule has 2 unspecified atom stereocenters. The van der Waals surface area contributed by atoms with Crippen molar-refractivity contribution in [2.24, 2.45) is 11.8 Å². The molecular weight excluding hydrogens is 1240 g/mol. The van der Waals surface area contributed by atoms with E-state index in [1.807, 2.05) is 6.92 Å². The van der Waals surface area contributed by atoms with Crippen LogP contribution in [-0.2, 0) is 85.8 Å². The molecule has 0 amide bonds. The van der Waals surface area contributed by atoms with Gasteiger partial charge in [-0.2, -0.15) is 0 Å². The predicted molar refractivity (Wildman–Crippen MR) is 391 cm³/mol. The van der Waals surface area contributed by atoms with Gasteiger partial charge in [-0.3, -0.25) is 0 Å². The van der Waals surface area contributed by atoms with Gasteiger partial charge >= 0.3 is 59.7 Å². The van der Waals surface area contributed by atoms with E-state index in [0.29, 0.717) is 55.0 Å². The highest BCUT2D eigenvalue weighted by Gasteiger charge is 2.10. The van der Waals surface area contributed by atoms with Crippen LogP contribution in [0.15, 0.2) is 124 Å². The highest BCUT2D eigenvalue weighted by atomic mass is 16.6. The maximum Gasteiger partial charge on any atom is 0.347 e. The molecule has 0 saturated heterocycles. The summed E-state index contributed by atoms with van der Waals surface area (Å²) in [6.45, 7) is 55.4. The van der Waals surface area contributed by atoms with Crippen LogP contribution in [0.4, 0.5) is 0 Å². The van der Waals surface area contributed by atoms with Gasteiger partial charge in [0.25, 0.3) is 0 Å². The van der Waals surface area contributed by atoms with Crippen LogP contribution in [-0.4, -0.2) is 129 Å². The van der Waals surface area contributed by atoms with E-state index >= 15 is 0 Å². The van der Waals surface area contributed by atoms with Crippen molar-refractivity contribution in [2.75, 3.05) is 53.9 Å². The third-order valence-electron chi connectivity index (χ3n) is 9.56. The number of aliphatic carboxylic acids is 2. The topological polar surface area (TPSA) is 305 Å². The summed E-state index contributed by atoms with van der Waals surface area (Å²) in [6.07, 6.45) is 25.6. The number of carbonyl (C=O) groups excluding carboxylic acids is 8. The lowest BCUT2D eigenvalue weighted by atomic mass is 10.0. The molecule has 0 rings (SSSR count). The molecule has 21 heteroatoms. The van der Waals surface area contributed by atoms with E-state index in [1.165, 1.54) is 65.9 Å². The van der Waals surface area contributed by atoms with Crippen LogP contribution in [0.5, 0.6) is 0 Å². The van der Waals surface area contributed by atoms with Gasteiger partial charge in [0, 0.05) is 97.8 Å². The molecule has 0 spiro atoms. The first-order valence-electron chi connectivity index (χ1n) is 29.9. The van der Waals surface area contributed by atoms with Gasteiger partial charge in [-0.15, -0.1) is 6.42 Å². The second-order valence-electron chi connectivity index (χ2n) is 18.3. The van der Waals surface area contributed by atoms with Crippen molar-refractivity contribution in [2.45, 2.75) is 153 Å². The fraction of sp³-hybridized carbons (Fsp3) is 0.440. The molecule has 96 heavy (non-hydrogen) atoms. The number of terminal acetylenes is 1. The Labute approximate surface area is 583 Å². The molecule has 0 aliphatic rings. The summed E-state index contributed by atoms with van der Waals surface area (Å²) in [6, 6.07) is 0. The lowest BCUT2D eigenvalue weighted by Gasteiger charge is -2.14. The van der Waals surface area contributed by atoms with E-state index in [2.05, 4.69) is 189 Å². The van der Waals surface area contributed by atoms with Gasteiger partial charge in [0.05, 0.1) is 47.3 Å². The molecule has 0 aromatic heterocycles. The summed E-state index contributed by atoms with van der Waals surface area (Å²) >= 11 is 0. The number of rotatable bonds is 30. The Morgan fingerprint density at radius 1 is 0.427 bits per heavy atom. The summed E-state index contributed by atoms with van der Waals surface area (Å²) in [4.78, 5) is 103. The largest absolute Gasteiger partial charge is 0.478 e. The van der Waals surface area contributed by atoms with Gasteiger partial charge in [-0.05, 0) is 102 Å². The zero-order chi connectivity index (χ0) is 76.5. The first-order chi connectivity index (χ1) is 45.2. The van der Waals surface area contributed by atoms with E-state index < -0.39 is 29.8 Å². The third kappa shape index (κ3) is 108. The average Bonchev–Trinajstić information content (AvgIpc) is 1.23. The number of carboxylic acids is 2. The minimum Gasteiger partial charge on any atom is -0.478 e. The summed E-state index contributed by atoms with van der Waals surface area (Å²) in [5, 5.41) is 23.6. The van der Waals surface area contributed by atoms with Crippen molar-refractivity contribution in [3.8, 4) is 71.7 Å². The van der Waals surface area contributed by atoms with Crippen molar-refractivity contribution >= 4 is 59.7 Å². The SMILES string of the molecule is C#CC#CC#CC#CC#CC#COC(=O)C(=C)C.C=C(C)C(=O)O.C=C(C)C(=O)OC.C=C(C)C(=O)OCC(CC)CCCC.C=C(C)C(=O)OCCCC.C=CC(=O)O.C=CC(=O)OC.C=CC(=O)OCC(CC)CCCC.C=CC(=O)OCCCC.C=CC(=O)OCCO.[HH].[HH].[HH].[HH].[HH].[HH].[HH]. The minimum atomic E-state index is -0.981. The number of aliphatic hydroxyl groups is 1. The fourth-order valence-electron chi connectivity index (χ4n) is 4.08. The number of carbonyl (C=O) groups is 10. The van der Waals surface area contributed by atoms with Gasteiger partial charge < -0.3 is 53.2 Å². The molecule has 0 fully saturated rings. The van der Waals surface area contributed by atoms with Crippen molar-refractivity contribution in [3.63, 3.8) is 0 Å². The molecule has 546 valence electrons. The zero-order valence-electron chi connectivity index (χ0n) is 59.1. The van der Waals surface area contributed by atoms with Crippen LogP contribution in [0.25, 0.3) is 0 Å². The number of ether oxygens (including phenoxy) is 8. The summed E-state index contributed by atoms with van der Waals surface area (Å²) in [5.74, 6) is 19.6. The molecule has 0 aromatic rings. The normalized spacial score (nSPS) is 8.64. The van der Waals surface area contributed by atoms with Crippen LogP contribution in [0.3, 0.4) is 0 Å². The van der Waals surface area contributed by atoms with Gasteiger partial charge in [0.15, 0.2) is 0 Å². The van der Waals surface area contributed by atoms with E-state index in [4.69, 9.17) is 36.0 Å². The molecular formula is C75H120O21. The number of hydrogen-bond acceptors (Lipinski definition) is 19. The van der Waals surface area contributed by atoms with Gasteiger partial charge in [-0.25, -0.2) is 47.9 Å². The molecule has 2 atom stereocenters. The second kappa shape index (κ2) is 86.5. The van der Waals surface area contributed by atoms with Crippen LogP contribution in [0.1, 0.15) is 163 Å². The molecule has 0 aliphatic heterocycles. The predicted octanol–water partition coefficient (Wildman–Crippen LogP) is 13.8. The Hall–Kier alpha value is -10.6. The third-order valence-corrected chi connectivity index (χ3v) is 9.56. The molecule has 0 saturated carbocycles. The molecule has 21 nitrogen and oxygen atoms in total. The highest BCUT2D eigenvalue weighted by Crippen LogP contribution is 2.14. The van der Waals surface area contributed by atoms with Gasteiger partial charge in [-0.1, -0.05) is 159 Å². The Morgan fingerprint density at radius 3 is 1.02 bits per heavy atom. The summed E-state index contributed by atoms with van der Waals surface area (Å²) < 4.78 is 36.8. The smallest absolute Gasteiger partial charge is 0.347 e. The Balaban J connectivity index is -0.0000000540. The van der Waals surface area contributed by atoms with Gasteiger partial charge in [0.1, 0.15) is 12.7 Å². The van der Waals surface area contributed by atoms with Crippen LogP contribution >= 0.6 is 0 Å². The molecule has 0 aromatic carbocycles. The maximum absolute atomic E-state index is 11.1. The summed E-state index contributed by atoms with van der Waals surface area (Å²) in [7, 11) is 2.64. The Morgan fingerprint density at radius 2 is 0.750 bits per heavy atom.